The third-order valence-electron chi connectivity index (χ3n) is 2.97. The molecular formula is C15H11N2O2S-. The quantitative estimate of drug-likeness (QED) is 0.745. The molecule has 0 bridgehead atoms. The molecule has 0 atom stereocenters. The number of nitrogens with zero attached hydrogens (tertiary/aromatic N) is 1. The maximum atomic E-state index is 11.0. The topological polar surface area (TPSA) is 68.8 Å². The Balaban J connectivity index is 1.81. The molecule has 5 heteroatoms. The van der Waals surface area contributed by atoms with Crippen LogP contribution < -0.4 is 5.11 Å². The van der Waals surface area contributed by atoms with E-state index in [1.165, 1.54) is 11.8 Å². The van der Waals surface area contributed by atoms with Crippen LogP contribution in [-0.2, 0) is 5.75 Å². The maximum Gasteiger partial charge on any atom is 0.166 e. The summed E-state index contributed by atoms with van der Waals surface area (Å²) in [7, 11) is 0. The monoisotopic (exact) mass is 283 g/mol. The summed E-state index contributed by atoms with van der Waals surface area (Å²) >= 11 is 1.47. The lowest BCUT2D eigenvalue weighted by Gasteiger charge is -2.08. The lowest BCUT2D eigenvalue weighted by atomic mass is 10.1. The van der Waals surface area contributed by atoms with E-state index in [9.17, 15) is 9.90 Å². The molecule has 0 spiro atoms. The first-order valence-electron chi connectivity index (χ1n) is 6.11. The molecular weight excluding hydrogens is 272 g/mol. The standard InChI is InChI=1S/C15H12N2O2S/c18-14(19)11-6-2-1-5-10(11)9-20-15-16-12-7-3-4-8-13(12)17-15/h1-8H,9H2,(H,16,17)(H,18,19)/p-1. The van der Waals surface area contributed by atoms with E-state index in [-0.39, 0.29) is 5.56 Å². The van der Waals surface area contributed by atoms with E-state index in [0.29, 0.717) is 5.75 Å². The van der Waals surface area contributed by atoms with Crippen molar-refractivity contribution < 1.29 is 9.90 Å². The number of hydrogen-bond donors (Lipinski definition) is 1. The number of aromatic amines is 1. The Labute approximate surface area is 119 Å². The number of thioether (sulfide) groups is 1. The summed E-state index contributed by atoms with van der Waals surface area (Å²) in [6.45, 7) is 0. The zero-order valence-corrected chi connectivity index (χ0v) is 11.3. The zero-order chi connectivity index (χ0) is 13.9. The second-order valence-electron chi connectivity index (χ2n) is 4.29. The van der Waals surface area contributed by atoms with E-state index in [1.807, 2.05) is 30.3 Å². The van der Waals surface area contributed by atoms with Crippen LogP contribution in [-0.4, -0.2) is 15.9 Å². The number of rotatable bonds is 4. The number of benzene rings is 2. The zero-order valence-electron chi connectivity index (χ0n) is 10.5. The van der Waals surface area contributed by atoms with Crippen LogP contribution in [0.2, 0.25) is 0 Å². The number of nitrogens with one attached hydrogen (secondary N) is 1. The minimum atomic E-state index is -1.15. The van der Waals surface area contributed by atoms with E-state index in [1.54, 1.807) is 18.2 Å². The fourth-order valence-corrected chi connectivity index (χ4v) is 2.88. The normalized spacial score (nSPS) is 10.8. The first-order chi connectivity index (χ1) is 9.74. The summed E-state index contributed by atoms with van der Waals surface area (Å²) in [5.74, 6) is -0.616. The number of fused-ring (bicyclic) bond motifs is 1. The maximum absolute atomic E-state index is 11.0. The molecule has 3 aromatic rings. The van der Waals surface area contributed by atoms with E-state index < -0.39 is 5.97 Å². The smallest absolute Gasteiger partial charge is 0.166 e. The van der Waals surface area contributed by atoms with E-state index in [0.717, 1.165) is 21.8 Å². The largest absolute Gasteiger partial charge is 0.545 e. The van der Waals surface area contributed by atoms with Crippen LogP contribution in [0.5, 0.6) is 0 Å². The van der Waals surface area contributed by atoms with Gasteiger partial charge in [0.2, 0.25) is 0 Å². The van der Waals surface area contributed by atoms with Gasteiger partial charge in [0, 0.05) is 11.3 Å². The molecule has 0 unspecified atom stereocenters. The van der Waals surface area contributed by atoms with Gasteiger partial charge in [-0.25, -0.2) is 4.98 Å². The second-order valence-corrected chi connectivity index (χ2v) is 5.26. The predicted molar refractivity (Wildman–Crippen MR) is 76.4 cm³/mol. The third-order valence-corrected chi connectivity index (χ3v) is 3.89. The molecule has 1 N–H and O–H groups in total. The Morgan fingerprint density at radius 2 is 1.90 bits per heavy atom. The number of hydrogen-bond acceptors (Lipinski definition) is 4. The Morgan fingerprint density at radius 1 is 1.15 bits per heavy atom. The van der Waals surface area contributed by atoms with Crippen molar-refractivity contribution in [3.05, 3.63) is 59.7 Å². The second kappa shape index (κ2) is 5.38. The molecule has 0 radical (unpaired) electrons. The van der Waals surface area contributed by atoms with Crippen LogP contribution >= 0.6 is 11.8 Å². The molecule has 0 aliphatic carbocycles. The van der Waals surface area contributed by atoms with Crippen LogP contribution in [0.1, 0.15) is 15.9 Å². The predicted octanol–water partition coefficient (Wildman–Crippen LogP) is 2.22. The van der Waals surface area contributed by atoms with Crippen LogP contribution in [0.25, 0.3) is 11.0 Å². The molecule has 0 amide bonds. The van der Waals surface area contributed by atoms with Crippen molar-refractivity contribution in [1.82, 2.24) is 9.97 Å². The minimum absolute atomic E-state index is 0.233. The molecule has 0 saturated carbocycles. The third kappa shape index (κ3) is 2.53. The van der Waals surface area contributed by atoms with Gasteiger partial charge in [0.15, 0.2) is 5.16 Å². The van der Waals surface area contributed by atoms with Gasteiger partial charge in [-0.2, -0.15) is 0 Å². The number of aromatic nitrogens is 2. The first-order valence-corrected chi connectivity index (χ1v) is 7.09. The van der Waals surface area contributed by atoms with Gasteiger partial charge in [0.1, 0.15) is 0 Å². The molecule has 20 heavy (non-hydrogen) atoms. The fourth-order valence-electron chi connectivity index (χ4n) is 1.99. The number of carboxylic acids is 1. The van der Waals surface area contributed by atoms with E-state index in [4.69, 9.17) is 0 Å². The summed E-state index contributed by atoms with van der Waals surface area (Å²) in [6.07, 6.45) is 0. The van der Waals surface area contributed by atoms with E-state index >= 15 is 0 Å². The molecule has 0 fully saturated rings. The first kappa shape index (κ1) is 12.7. The van der Waals surface area contributed by atoms with Gasteiger partial charge >= 0.3 is 0 Å². The summed E-state index contributed by atoms with van der Waals surface area (Å²) in [4.78, 5) is 18.7. The van der Waals surface area contributed by atoms with Gasteiger partial charge < -0.3 is 14.9 Å². The number of imidazole rings is 1. The molecule has 0 saturated heterocycles. The molecule has 100 valence electrons. The van der Waals surface area contributed by atoms with E-state index in [2.05, 4.69) is 9.97 Å². The van der Waals surface area contributed by atoms with Crippen LogP contribution in [0.4, 0.5) is 0 Å². The lowest BCUT2D eigenvalue weighted by molar-refractivity contribution is -0.255. The van der Waals surface area contributed by atoms with Crippen molar-refractivity contribution >= 4 is 28.8 Å². The van der Waals surface area contributed by atoms with Crippen molar-refractivity contribution in [1.29, 1.82) is 0 Å². The van der Waals surface area contributed by atoms with Crippen molar-refractivity contribution in [2.75, 3.05) is 0 Å². The molecule has 4 nitrogen and oxygen atoms in total. The van der Waals surface area contributed by atoms with Crippen LogP contribution in [0.3, 0.4) is 0 Å². The summed E-state index contributed by atoms with van der Waals surface area (Å²) in [5.41, 5.74) is 2.85. The molecule has 1 heterocycles. The van der Waals surface area contributed by atoms with Gasteiger partial charge in [-0.1, -0.05) is 48.2 Å². The summed E-state index contributed by atoms with van der Waals surface area (Å²) in [5, 5.41) is 11.8. The number of carbonyl (C=O) groups excluding carboxylic acids is 1. The SMILES string of the molecule is O=C([O-])c1ccccc1CSc1nc2ccccc2[nH]1. The summed E-state index contributed by atoms with van der Waals surface area (Å²) in [6, 6.07) is 14.6. The van der Waals surface area contributed by atoms with Crippen molar-refractivity contribution in [2.45, 2.75) is 10.9 Å². The molecule has 0 aliphatic rings. The highest BCUT2D eigenvalue weighted by Gasteiger charge is 2.06. The number of para-hydroxylation sites is 2. The van der Waals surface area contributed by atoms with Crippen LogP contribution in [0, 0.1) is 0 Å². The highest BCUT2D eigenvalue weighted by atomic mass is 32.2. The Hall–Kier alpha value is -2.27. The highest BCUT2D eigenvalue weighted by molar-refractivity contribution is 7.98. The van der Waals surface area contributed by atoms with Gasteiger partial charge in [0.05, 0.1) is 17.0 Å². The van der Waals surface area contributed by atoms with Crippen molar-refractivity contribution in [2.24, 2.45) is 0 Å². The Morgan fingerprint density at radius 3 is 2.70 bits per heavy atom. The van der Waals surface area contributed by atoms with Crippen molar-refractivity contribution in [3.8, 4) is 0 Å². The summed E-state index contributed by atoms with van der Waals surface area (Å²) < 4.78 is 0. The number of carbonyl (C=O) groups is 1. The Kier molecular flexibility index (Phi) is 3.43. The molecule has 3 rings (SSSR count). The number of aromatic carboxylic acids is 1. The highest BCUT2D eigenvalue weighted by Crippen LogP contribution is 2.24. The molecule has 2 aromatic carbocycles. The number of H-pyrrole nitrogens is 1. The minimum Gasteiger partial charge on any atom is -0.545 e. The van der Waals surface area contributed by atoms with Crippen molar-refractivity contribution in [3.63, 3.8) is 0 Å². The molecule has 0 aliphatic heterocycles. The molecule has 1 aromatic heterocycles. The van der Waals surface area contributed by atoms with Crippen LogP contribution in [0.15, 0.2) is 53.7 Å². The van der Waals surface area contributed by atoms with Gasteiger partial charge in [-0.3, -0.25) is 0 Å². The van der Waals surface area contributed by atoms with Gasteiger partial charge in [0.25, 0.3) is 0 Å². The fraction of sp³-hybridized carbons (Fsp3) is 0.0667. The van der Waals surface area contributed by atoms with Gasteiger partial charge in [-0.05, 0) is 17.7 Å². The number of carboxylic acid groups (broad SMARTS) is 1. The lowest BCUT2D eigenvalue weighted by Crippen LogP contribution is -2.23. The average molecular weight is 283 g/mol. The Bertz CT molecular complexity index is 734. The average Bonchev–Trinajstić information content (AvgIpc) is 2.88. The van der Waals surface area contributed by atoms with Gasteiger partial charge in [-0.15, -0.1) is 0 Å².